The molecule has 1 aliphatic heterocycles. The molecule has 2 aromatic carbocycles. The van der Waals surface area contributed by atoms with E-state index in [-0.39, 0.29) is 30.2 Å². The number of amides is 2. The normalized spacial score (nSPS) is 15.8. The predicted octanol–water partition coefficient (Wildman–Crippen LogP) is 2.13. The van der Waals surface area contributed by atoms with Crippen LogP contribution in [-0.2, 0) is 25.7 Å². The molecule has 0 aliphatic carbocycles. The minimum atomic E-state index is -0.628. The van der Waals surface area contributed by atoms with E-state index < -0.39 is 29.3 Å². The summed E-state index contributed by atoms with van der Waals surface area (Å²) in [6, 6.07) is 14.9. The van der Waals surface area contributed by atoms with Gasteiger partial charge in [-0.05, 0) is 11.6 Å². The number of rotatable bonds is 7. The molecule has 9 heteroatoms. The van der Waals surface area contributed by atoms with E-state index in [4.69, 9.17) is 4.74 Å². The summed E-state index contributed by atoms with van der Waals surface area (Å²) in [5.41, 5.74) is 1.03. The zero-order chi connectivity index (χ0) is 20.8. The van der Waals surface area contributed by atoms with Crippen LogP contribution in [0.5, 0.6) is 0 Å². The summed E-state index contributed by atoms with van der Waals surface area (Å²) in [6.07, 6.45) is 0.0398. The number of nitro groups is 1. The quantitative estimate of drug-likeness (QED) is 0.434. The standard InChI is InChI=1S/C20H19N3O6/c24-18(21-16-7-4-8-17(10-16)23(27)28)13-29-20(26)15-9-19(25)22(12-15)11-14-5-2-1-3-6-14/h1-8,10,15H,9,11-13H2,(H,21,24). The molecule has 2 aromatic rings. The lowest BCUT2D eigenvalue weighted by molar-refractivity contribution is -0.384. The largest absolute Gasteiger partial charge is 0.455 e. The molecule has 1 aliphatic rings. The van der Waals surface area contributed by atoms with Crippen LogP contribution in [0.2, 0.25) is 0 Å². The van der Waals surface area contributed by atoms with Crippen molar-refractivity contribution < 1.29 is 24.0 Å². The van der Waals surface area contributed by atoms with Crippen molar-refractivity contribution in [1.82, 2.24) is 4.90 Å². The molecule has 1 heterocycles. The number of esters is 1. The van der Waals surface area contributed by atoms with Gasteiger partial charge in [-0.15, -0.1) is 0 Å². The second kappa shape index (κ2) is 8.96. The molecule has 0 radical (unpaired) electrons. The Kier molecular flexibility index (Phi) is 6.18. The summed E-state index contributed by atoms with van der Waals surface area (Å²) in [4.78, 5) is 48.1. The Morgan fingerprint density at radius 3 is 2.66 bits per heavy atom. The lowest BCUT2D eigenvalue weighted by atomic mass is 10.1. The molecule has 1 fully saturated rings. The van der Waals surface area contributed by atoms with Gasteiger partial charge in [0.05, 0.1) is 10.8 Å². The fraction of sp³-hybridized carbons (Fsp3) is 0.250. The summed E-state index contributed by atoms with van der Waals surface area (Å²) in [5, 5.41) is 13.2. The molecule has 0 aromatic heterocycles. The zero-order valence-electron chi connectivity index (χ0n) is 15.4. The van der Waals surface area contributed by atoms with Crippen molar-refractivity contribution in [1.29, 1.82) is 0 Å². The Hall–Kier alpha value is -3.75. The molecule has 2 amide bonds. The number of nitro benzene ring substituents is 1. The second-order valence-corrected chi connectivity index (χ2v) is 6.62. The van der Waals surface area contributed by atoms with Gasteiger partial charge in [0.1, 0.15) is 0 Å². The van der Waals surface area contributed by atoms with Crippen molar-refractivity contribution in [2.45, 2.75) is 13.0 Å². The summed E-state index contributed by atoms with van der Waals surface area (Å²) >= 11 is 0. The van der Waals surface area contributed by atoms with Gasteiger partial charge in [0, 0.05) is 37.3 Å². The Morgan fingerprint density at radius 2 is 1.93 bits per heavy atom. The molecular formula is C20H19N3O6. The monoisotopic (exact) mass is 397 g/mol. The average Bonchev–Trinajstić information content (AvgIpc) is 3.07. The maximum atomic E-state index is 12.2. The van der Waals surface area contributed by atoms with E-state index in [0.29, 0.717) is 6.54 Å². The molecule has 1 unspecified atom stereocenters. The molecule has 1 N–H and O–H groups in total. The number of nitrogens with one attached hydrogen (secondary N) is 1. The zero-order valence-corrected chi connectivity index (χ0v) is 15.4. The van der Waals surface area contributed by atoms with Crippen molar-refractivity contribution in [2.24, 2.45) is 5.92 Å². The van der Waals surface area contributed by atoms with Crippen LogP contribution in [0.25, 0.3) is 0 Å². The highest BCUT2D eigenvalue weighted by Gasteiger charge is 2.35. The lowest BCUT2D eigenvalue weighted by Gasteiger charge is -2.16. The first-order valence-electron chi connectivity index (χ1n) is 8.95. The van der Waals surface area contributed by atoms with Gasteiger partial charge in [-0.3, -0.25) is 24.5 Å². The van der Waals surface area contributed by atoms with Crippen LogP contribution >= 0.6 is 0 Å². The smallest absolute Gasteiger partial charge is 0.311 e. The van der Waals surface area contributed by atoms with Gasteiger partial charge in [0.15, 0.2) is 6.61 Å². The van der Waals surface area contributed by atoms with E-state index in [1.165, 1.54) is 24.3 Å². The lowest BCUT2D eigenvalue weighted by Crippen LogP contribution is -2.28. The van der Waals surface area contributed by atoms with Crippen LogP contribution in [0.1, 0.15) is 12.0 Å². The van der Waals surface area contributed by atoms with Crippen molar-refractivity contribution in [2.75, 3.05) is 18.5 Å². The van der Waals surface area contributed by atoms with Gasteiger partial charge in [0.25, 0.3) is 11.6 Å². The summed E-state index contributed by atoms with van der Waals surface area (Å²) < 4.78 is 5.02. The number of hydrogen-bond donors (Lipinski definition) is 1. The van der Waals surface area contributed by atoms with Gasteiger partial charge in [-0.1, -0.05) is 36.4 Å². The number of ether oxygens (including phenoxy) is 1. The highest BCUT2D eigenvalue weighted by Crippen LogP contribution is 2.21. The number of non-ortho nitro benzene ring substituents is 1. The highest BCUT2D eigenvalue weighted by atomic mass is 16.6. The number of carbonyl (C=O) groups excluding carboxylic acids is 3. The molecule has 150 valence electrons. The highest BCUT2D eigenvalue weighted by molar-refractivity contribution is 5.94. The Labute approximate surface area is 166 Å². The van der Waals surface area contributed by atoms with E-state index in [9.17, 15) is 24.5 Å². The van der Waals surface area contributed by atoms with Gasteiger partial charge in [-0.2, -0.15) is 0 Å². The third-order valence-corrected chi connectivity index (χ3v) is 4.45. The molecule has 3 rings (SSSR count). The number of nitrogens with zero attached hydrogens (tertiary/aromatic N) is 2. The average molecular weight is 397 g/mol. The fourth-order valence-corrected chi connectivity index (χ4v) is 3.04. The molecule has 0 spiro atoms. The third-order valence-electron chi connectivity index (χ3n) is 4.45. The SMILES string of the molecule is O=C(COC(=O)C1CC(=O)N(Cc2ccccc2)C1)Nc1cccc([N+](=O)[O-])c1. The van der Waals surface area contributed by atoms with E-state index >= 15 is 0 Å². The number of benzene rings is 2. The van der Waals surface area contributed by atoms with E-state index in [0.717, 1.165) is 5.56 Å². The minimum Gasteiger partial charge on any atom is -0.455 e. The molecule has 9 nitrogen and oxygen atoms in total. The van der Waals surface area contributed by atoms with Crippen LogP contribution in [-0.4, -0.2) is 40.8 Å². The van der Waals surface area contributed by atoms with Crippen molar-refractivity contribution in [3.05, 3.63) is 70.3 Å². The maximum absolute atomic E-state index is 12.2. The van der Waals surface area contributed by atoms with Crippen LogP contribution in [0, 0.1) is 16.0 Å². The van der Waals surface area contributed by atoms with Crippen molar-refractivity contribution >= 4 is 29.2 Å². The number of likely N-dealkylation sites (tertiary alicyclic amines) is 1. The molecule has 0 saturated carbocycles. The van der Waals surface area contributed by atoms with E-state index in [1.54, 1.807) is 4.90 Å². The molecule has 1 saturated heterocycles. The van der Waals surface area contributed by atoms with Gasteiger partial charge >= 0.3 is 5.97 Å². The van der Waals surface area contributed by atoms with Crippen LogP contribution < -0.4 is 5.32 Å². The van der Waals surface area contributed by atoms with Crippen molar-refractivity contribution in [3.63, 3.8) is 0 Å². The molecule has 29 heavy (non-hydrogen) atoms. The van der Waals surface area contributed by atoms with E-state index in [2.05, 4.69) is 5.32 Å². The first-order valence-corrected chi connectivity index (χ1v) is 8.95. The van der Waals surface area contributed by atoms with Crippen molar-refractivity contribution in [3.8, 4) is 0 Å². The Morgan fingerprint density at radius 1 is 1.17 bits per heavy atom. The first-order chi connectivity index (χ1) is 13.9. The Balaban J connectivity index is 1.48. The van der Waals surface area contributed by atoms with Gasteiger partial charge in [0.2, 0.25) is 5.91 Å². The predicted molar refractivity (Wildman–Crippen MR) is 103 cm³/mol. The summed E-state index contributed by atoms with van der Waals surface area (Å²) in [5.74, 6) is -2.01. The van der Waals surface area contributed by atoms with E-state index in [1.807, 2.05) is 30.3 Å². The summed E-state index contributed by atoms with van der Waals surface area (Å²) in [6.45, 7) is 0.112. The van der Waals surface area contributed by atoms with Gasteiger partial charge in [-0.25, -0.2) is 0 Å². The molecule has 0 bridgehead atoms. The maximum Gasteiger partial charge on any atom is 0.311 e. The number of anilines is 1. The third kappa shape index (κ3) is 5.38. The minimum absolute atomic E-state index is 0.0398. The topological polar surface area (TPSA) is 119 Å². The molecular weight excluding hydrogens is 378 g/mol. The number of carbonyl (C=O) groups is 3. The summed E-state index contributed by atoms with van der Waals surface area (Å²) in [7, 11) is 0. The second-order valence-electron chi connectivity index (χ2n) is 6.62. The number of hydrogen-bond acceptors (Lipinski definition) is 6. The first kappa shape index (κ1) is 20.0. The van der Waals surface area contributed by atoms with Gasteiger partial charge < -0.3 is 15.0 Å². The Bertz CT molecular complexity index is 931. The van der Waals surface area contributed by atoms with Crippen LogP contribution in [0.15, 0.2) is 54.6 Å². The van der Waals surface area contributed by atoms with Crippen LogP contribution in [0.4, 0.5) is 11.4 Å². The van der Waals surface area contributed by atoms with Crippen LogP contribution in [0.3, 0.4) is 0 Å². The fourth-order valence-electron chi connectivity index (χ4n) is 3.04. The molecule has 1 atom stereocenters.